The number of halogens is 6. The molecule has 162 valence electrons. The van der Waals surface area contributed by atoms with E-state index in [0.29, 0.717) is 0 Å². The summed E-state index contributed by atoms with van der Waals surface area (Å²) in [7, 11) is 0. The number of anilines is 2. The van der Waals surface area contributed by atoms with E-state index in [1.807, 2.05) is 10.6 Å². The van der Waals surface area contributed by atoms with E-state index in [-0.39, 0.29) is 13.1 Å². The van der Waals surface area contributed by atoms with Gasteiger partial charge in [-0.25, -0.2) is 9.59 Å². The molecule has 0 aliphatic heterocycles. The van der Waals surface area contributed by atoms with Crippen LogP contribution in [-0.4, -0.2) is 25.2 Å². The van der Waals surface area contributed by atoms with Crippen LogP contribution in [0.4, 0.5) is 47.3 Å². The third kappa shape index (κ3) is 6.57. The lowest BCUT2D eigenvalue weighted by molar-refractivity contribution is -0.137. The normalized spacial score (nSPS) is 11.5. The summed E-state index contributed by atoms with van der Waals surface area (Å²) in [4.78, 5) is 23.5. The molecule has 12 heteroatoms. The lowest BCUT2D eigenvalue weighted by Gasteiger charge is -2.15. The number of urea groups is 2. The summed E-state index contributed by atoms with van der Waals surface area (Å²) < 4.78 is 77.3. The first-order chi connectivity index (χ1) is 14.0. The van der Waals surface area contributed by atoms with E-state index >= 15 is 0 Å². The van der Waals surface area contributed by atoms with Crippen molar-refractivity contribution in [3.63, 3.8) is 0 Å². The first-order valence-corrected chi connectivity index (χ1v) is 8.40. The Morgan fingerprint density at radius 3 is 1.30 bits per heavy atom. The minimum atomic E-state index is -4.66. The van der Waals surface area contributed by atoms with Crippen LogP contribution in [0.5, 0.6) is 0 Å². The lowest BCUT2D eigenvalue weighted by atomic mass is 10.1. The highest BCUT2D eigenvalue weighted by Gasteiger charge is 2.34. The van der Waals surface area contributed by atoms with E-state index in [9.17, 15) is 35.9 Å². The Kier molecular flexibility index (Phi) is 7.14. The largest absolute Gasteiger partial charge is 0.418 e. The molecule has 2 aromatic rings. The zero-order chi connectivity index (χ0) is 22.4. The van der Waals surface area contributed by atoms with Crippen molar-refractivity contribution in [1.82, 2.24) is 10.6 Å². The highest BCUT2D eigenvalue weighted by atomic mass is 19.4. The summed E-state index contributed by atoms with van der Waals surface area (Å²) in [5, 5.41) is 8.54. The van der Waals surface area contributed by atoms with Crippen molar-refractivity contribution in [2.24, 2.45) is 0 Å². The highest BCUT2D eigenvalue weighted by molar-refractivity contribution is 5.91. The Morgan fingerprint density at radius 2 is 0.967 bits per heavy atom. The molecule has 0 saturated heterocycles. The average molecular weight is 434 g/mol. The van der Waals surface area contributed by atoms with Crippen molar-refractivity contribution in [3.05, 3.63) is 59.7 Å². The van der Waals surface area contributed by atoms with E-state index in [1.165, 1.54) is 24.3 Å². The van der Waals surface area contributed by atoms with Gasteiger partial charge in [0.05, 0.1) is 22.5 Å². The molecule has 0 spiro atoms. The third-order valence-electron chi connectivity index (χ3n) is 3.66. The summed E-state index contributed by atoms with van der Waals surface area (Å²) in [5.41, 5.74) is -2.95. The molecule has 0 unspecified atom stereocenters. The van der Waals surface area contributed by atoms with Gasteiger partial charge in [0.2, 0.25) is 0 Å². The van der Waals surface area contributed by atoms with E-state index in [1.54, 1.807) is 0 Å². The quantitative estimate of drug-likeness (QED) is 0.408. The number of nitrogens with one attached hydrogen (secondary N) is 4. The second-order valence-electron chi connectivity index (χ2n) is 5.85. The molecular formula is C18H16F6N4O2. The second kappa shape index (κ2) is 9.37. The number of alkyl halides is 6. The SMILES string of the molecule is O=C(NCCNC(=O)Nc1ccccc1C(F)(F)F)Nc1ccccc1C(F)(F)F. The Bertz CT molecular complexity index is 825. The summed E-state index contributed by atoms with van der Waals surface area (Å²) in [6.07, 6.45) is -9.31. The van der Waals surface area contributed by atoms with Gasteiger partial charge in [0.25, 0.3) is 0 Å². The van der Waals surface area contributed by atoms with Gasteiger partial charge in [-0.15, -0.1) is 0 Å². The maximum Gasteiger partial charge on any atom is 0.418 e. The van der Waals surface area contributed by atoms with Gasteiger partial charge in [0.15, 0.2) is 0 Å². The van der Waals surface area contributed by atoms with Gasteiger partial charge >= 0.3 is 24.4 Å². The zero-order valence-corrected chi connectivity index (χ0v) is 15.1. The Hall–Kier alpha value is -3.44. The van der Waals surface area contributed by atoms with E-state index in [4.69, 9.17) is 0 Å². The minimum Gasteiger partial charge on any atom is -0.336 e. The minimum absolute atomic E-state index is 0.186. The molecule has 0 aliphatic carbocycles. The number of amides is 4. The number of para-hydroxylation sites is 2. The zero-order valence-electron chi connectivity index (χ0n) is 15.1. The Labute approximate surface area is 166 Å². The predicted molar refractivity (Wildman–Crippen MR) is 96.9 cm³/mol. The summed E-state index contributed by atoms with van der Waals surface area (Å²) in [6, 6.07) is 6.84. The fraction of sp³-hybridized carbons (Fsp3) is 0.222. The van der Waals surface area contributed by atoms with Gasteiger partial charge in [-0.05, 0) is 24.3 Å². The maximum absolute atomic E-state index is 12.9. The number of carbonyl (C=O) groups excluding carboxylic acids is 2. The molecule has 4 N–H and O–H groups in total. The van der Waals surface area contributed by atoms with Gasteiger partial charge in [-0.3, -0.25) is 0 Å². The number of carbonyl (C=O) groups is 2. The fourth-order valence-corrected chi connectivity index (χ4v) is 2.36. The van der Waals surface area contributed by atoms with Crippen molar-refractivity contribution in [1.29, 1.82) is 0 Å². The smallest absolute Gasteiger partial charge is 0.336 e. The summed E-state index contributed by atoms with van der Waals surface area (Å²) >= 11 is 0. The van der Waals surface area contributed by atoms with Crippen LogP contribution in [0.2, 0.25) is 0 Å². The number of benzene rings is 2. The van der Waals surface area contributed by atoms with Gasteiger partial charge in [0, 0.05) is 13.1 Å². The first kappa shape index (κ1) is 22.8. The topological polar surface area (TPSA) is 82.3 Å². The molecule has 30 heavy (non-hydrogen) atoms. The Morgan fingerprint density at radius 1 is 0.633 bits per heavy atom. The molecule has 0 saturated carbocycles. The lowest BCUT2D eigenvalue weighted by Crippen LogP contribution is -2.38. The van der Waals surface area contributed by atoms with Crippen molar-refractivity contribution >= 4 is 23.4 Å². The fourth-order valence-electron chi connectivity index (χ4n) is 2.36. The van der Waals surface area contributed by atoms with Crippen LogP contribution in [0.15, 0.2) is 48.5 Å². The predicted octanol–water partition coefficient (Wildman–Crippen LogP) is 4.67. The van der Waals surface area contributed by atoms with Gasteiger partial charge < -0.3 is 21.3 Å². The monoisotopic (exact) mass is 434 g/mol. The second-order valence-corrected chi connectivity index (χ2v) is 5.85. The van der Waals surface area contributed by atoms with E-state index in [0.717, 1.165) is 24.3 Å². The molecule has 0 heterocycles. The molecule has 0 aliphatic rings. The van der Waals surface area contributed by atoms with Crippen LogP contribution in [0, 0.1) is 0 Å². The third-order valence-corrected chi connectivity index (χ3v) is 3.66. The van der Waals surface area contributed by atoms with Crippen LogP contribution >= 0.6 is 0 Å². The van der Waals surface area contributed by atoms with Crippen molar-refractivity contribution in [2.75, 3.05) is 23.7 Å². The summed E-state index contributed by atoms with van der Waals surface area (Å²) in [6.45, 7) is -0.372. The molecule has 0 aromatic heterocycles. The average Bonchev–Trinajstić information content (AvgIpc) is 2.64. The number of hydrogen-bond acceptors (Lipinski definition) is 2. The molecule has 0 fully saturated rings. The molecule has 2 aromatic carbocycles. The molecule has 6 nitrogen and oxygen atoms in total. The summed E-state index contributed by atoms with van der Waals surface area (Å²) in [5.74, 6) is 0. The van der Waals surface area contributed by atoms with Crippen molar-refractivity contribution in [3.8, 4) is 0 Å². The maximum atomic E-state index is 12.9. The van der Waals surface area contributed by atoms with Crippen molar-refractivity contribution in [2.45, 2.75) is 12.4 Å². The Balaban J connectivity index is 1.81. The standard InChI is InChI=1S/C18H16F6N4O2/c19-17(20,21)11-5-1-3-7-13(11)27-15(29)25-9-10-26-16(30)28-14-8-4-2-6-12(14)18(22,23)24/h1-8H,9-10H2,(H2,25,27,29)(H2,26,28,30). The molecule has 2 rings (SSSR count). The van der Waals surface area contributed by atoms with Crippen LogP contribution in [-0.2, 0) is 12.4 Å². The van der Waals surface area contributed by atoms with Crippen LogP contribution in [0.25, 0.3) is 0 Å². The van der Waals surface area contributed by atoms with Crippen molar-refractivity contribution < 1.29 is 35.9 Å². The molecule has 0 radical (unpaired) electrons. The van der Waals surface area contributed by atoms with E-state index < -0.39 is 46.9 Å². The molecule has 0 bridgehead atoms. The van der Waals surface area contributed by atoms with E-state index in [2.05, 4.69) is 10.6 Å². The van der Waals surface area contributed by atoms with Crippen LogP contribution < -0.4 is 21.3 Å². The first-order valence-electron chi connectivity index (χ1n) is 8.40. The van der Waals surface area contributed by atoms with Gasteiger partial charge in [0.1, 0.15) is 0 Å². The van der Waals surface area contributed by atoms with Crippen LogP contribution in [0.1, 0.15) is 11.1 Å². The highest BCUT2D eigenvalue weighted by Crippen LogP contribution is 2.35. The molecule has 0 atom stereocenters. The van der Waals surface area contributed by atoms with Gasteiger partial charge in [-0.1, -0.05) is 24.3 Å². The molecular weight excluding hydrogens is 418 g/mol. The number of rotatable bonds is 5. The van der Waals surface area contributed by atoms with Gasteiger partial charge in [-0.2, -0.15) is 26.3 Å². The van der Waals surface area contributed by atoms with Crippen LogP contribution in [0.3, 0.4) is 0 Å². The number of hydrogen-bond donors (Lipinski definition) is 4. The molecule has 4 amide bonds.